The van der Waals surface area contributed by atoms with Gasteiger partial charge in [-0.25, -0.2) is 12.8 Å². The van der Waals surface area contributed by atoms with Gasteiger partial charge in [-0.1, -0.05) is 44.0 Å². The van der Waals surface area contributed by atoms with Crippen LogP contribution in [0.25, 0.3) is 0 Å². The molecule has 10 heteroatoms. The molecule has 0 atom stereocenters. The number of likely N-dealkylation sites (tertiary alicyclic amines) is 1. The maximum atomic E-state index is 14.0. The minimum atomic E-state index is -3.64. The van der Waals surface area contributed by atoms with Crippen molar-refractivity contribution in [3.63, 3.8) is 0 Å². The zero-order valence-corrected chi connectivity index (χ0v) is 25.4. The highest BCUT2D eigenvalue weighted by Crippen LogP contribution is 2.22. The number of benzene rings is 2. The van der Waals surface area contributed by atoms with Gasteiger partial charge in [0, 0.05) is 44.9 Å². The van der Waals surface area contributed by atoms with Gasteiger partial charge in [0.1, 0.15) is 5.82 Å². The molecule has 8 nitrogen and oxygen atoms in total. The summed E-state index contributed by atoms with van der Waals surface area (Å²) in [6, 6.07) is 13.7. The van der Waals surface area contributed by atoms with Crippen molar-refractivity contribution in [2.75, 3.05) is 45.6 Å². The van der Waals surface area contributed by atoms with Crippen LogP contribution in [-0.4, -0.2) is 86.0 Å². The lowest BCUT2D eigenvalue weighted by Gasteiger charge is -2.39. The van der Waals surface area contributed by atoms with Gasteiger partial charge < -0.3 is 14.5 Å². The predicted molar refractivity (Wildman–Crippen MR) is 158 cm³/mol. The minimum Gasteiger partial charge on any atom is -0.383 e. The maximum absolute atomic E-state index is 14.0. The summed E-state index contributed by atoms with van der Waals surface area (Å²) in [5.74, 6) is -0.923. The molecule has 226 valence electrons. The van der Waals surface area contributed by atoms with Crippen molar-refractivity contribution in [2.24, 2.45) is 0 Å². The summed E-state index contributed by atoms with van der Waals surface area (Å²) in [4.78, 5) is 30.3. The van der Waals surface area contributed by atoms with Gasteiger partial charge in [-0.3, -0.25) is 9.59 Å². The molecule has 0 spiro atoms. The first-order chi connectivity index (χ1) is 19.7. The number of carbonyl (C=O) groups excluding carboxylic acids is 2. The fourth-order valence-electron chi connectivity index (χ4n) is 5.14. The fraction of sp³-hybridized carbons (Fsp3) is 0.548. The monoisotopic (exact) mass is 589 g/mol. The van der Waals surface area contributed by atoms with Crippen molar-refractivity contribution in [1.82, 2.24) is 14.1 Å². The summed E-state index contributed by atoms with van der Waals surface area (Å²) in [7, 11) is -2.16. The molecule has 0 aliphatic carbocycles. The lowest BCUT2D eigenvalue weighted by Crippen LogP contribution is -2.51. The Labute approximate surface area is 244 Å². The van der Waals surface area contributed by atoms with Crippen LogP contribution in [-0.2, 0) is 32.5 Å². The third-order valence-corrected chi connectivity index (χ3v) is 9.47. The van der Waals surface area contributed by atoms with E-state index in [0.717, 1.165) is 17.1 Å². The van der Waals surface area contributed by atoms with Gasteiger partial charge in [-0.15, -0.1) is 0 Å². The molecule has 1 heterocycles. The number of halogens is 1. The highest BCUT2D eigenvalue weighted by molar-refractivity contribution is 7.89. The first kappa shape index (κ1) is 32.7. The van der Waals surface area contributed by atoms with Gasteiger partial charge in [0.15, 0.2) is 0 Å². The Hall–Kier alpha value is -2.82. The second-order valence-electron chi connectivity index (χ2n) is 10.6. The van der Waals surface area contributed by atoms with Crippen LogP contribution in [0.15, 0.2) is 48.5 Å². The number of rotatable bonds is 15. The van der Waals surface area contributed by atoms with Gasteiger partial charge in [0.2, 0.25) is 15.9 Å². The second-order valence-corrected chi connectivity index (χ2v) is 12.8. The van der Waals surface area contributed by atoms with Crippen LogP contribution in [0.5, 0.6) is 0 Å². The quantitative estimate of drug-likeness (QED) is 0.286. The number of piperidine rings is 1. The number of amides is 2. The molecule has 0 saturated carbocycles. The number of methoxy groups -OCH3 is 1. The Balaban J connectivity index is 1.71. The molecule has 0 aromatic heterocycles. The zero-order valence-electron chi connectivity index (χ0n) is 24.6. The van der Waals surface area contributed by atoms with Crippen molar-refractivity contribution >= 4 is 21.8 Å². The van der Waals surface area contributed by atoms with Crippen LogP contribution in [0.3, 0.4) is 0 Å². The number of carbonyl (C=O) groups is 2. The molecule has 2 aromatic carbocycles. The first-order valence-electron chi connectivity index (χ1n) is 14.6. The average molecular weight is 590 g/mol. The van der Waals surface area contributed by atoms with E-state index >= 15 is 0 Å². The number of hydrogen-bond donors (Lipinski definition) is 0. The van der Waals surface area contributed by atoms with Crippen LogP contribution in [0.2, 0.25) is 0 Å². The molecule has 1 saturated heterocycles. The van der Waals surface area contributed by atoms with Crippen molar-refractivity contribution in [3.8, 4) is 0 Å². The third kappa shape index (κ3) is 9.61. The van der Waals surface area contributed by atoms with Gasteiger partial charge >= 0.3 is 0 Å². The summed E-state index contributed by atoms with van der Waals surface area (Å²) in [5.41, 5.74) is 2.50. The summed E-state index contributed by atoms with van der Waals surface area (Å²) in [6.45, 7) is 4.71. The normalized spacial score (nSPS) is 14.4. The number of aryl methyl sites for hydroxylation is 1. The highest BCUT2D eigenvalue weighted by Gasteiger charge is 2.32. The predicted octanol–water partition coefficient (Wildman–Crippen LogP) is 4.49. The zero-order chi connectivity index (χ0) is 29.8. The standard InChI is InChI=1S/C31H44FN3O5S/c1-4-6-7-9-25-12-14-27(15-13-25)31(37)33-18-16-29(17-19-33)35(23-26-10-8-11-28(32)22-26)30(36)24-34(20-21-40-3)41(38,39)5-2/h8,10-15,22,29H,4-7,9,16-21,23-24H2,1-3H3. The van der Waals surface area contributed by atoms with Crippen molar-refractivity contribution in [2.45, 2.75) is 65.0 Å². The van der Waals surface area contributed by atoms with E-state index in [1.54, 1.807) is 21.9 Å². The van der Waals surface area contributed by atoms with E-state index in [-0.39, 0.29) is 49.9 Å². The fourth-order valence-corrected chi connectivity index (χ4v) is 6.17. The van der Waals surface area contributed by atoms with Crippen molar-refractivity contribution < 1.29 is 27.1 Å². The largest absolute Gasteiger partial charge is 0.383 e. The van der Waals surface area contributed by atoms with Crippen LogP contribution in [0.4, 0.5) is 4.39 Å². The highest BCUT2D eigenvalue weighted by atomic mass is 32.2. The number of ether oxygens (including phenoxy) is 1. The molecule has 2 aromatic rings. The molecule has 1 aliphatic rings. The van der Waals surface area contributed by atoms with Crippen LogP contribution < -0.4 is 0 Å². The minimum absolute atomic E-state index is 0.0358. The second kappa shape index (κ2) is 16.0. The van der Waals surface area contributed by atoms with E-state index in [2.05, 4.69) is 6.92 Å². The summed E-state index contributed by atoms with van der Waals surface area (Å²) >= 11 is 0. The number of hydrogen-bond acceptors (Lipinski definition) is 5. The Bertz CT molecular complexity index is 1230. The van der Waals surface area contributed by atoms with E-state index in [1.165, 1.54) is 44.6 Å². The summed E-state index contributed by atoms with van der Waals surface area (Å²) in [5, 5.41) is 0. The maximum Gasteiger partial charge on any atom is 0.253 e. The van der Waals surface area contributed by atoms with Crippen molar-refractivity contribution in [1.29, 1.82) is 0 Å². The van der Waals surface area contributed by atoms with Crippen LogP contribution in [0, 0.1) is 5.82 Å². The van der Waals surface area contributed by atoms with Gasteiger partial charge in [0.25, 0.3) is 5.91 Å². The van der Waals surface area contributed by atoms with Gasteiger partial charge in [0.05, 0.1) is 18.9 Å². The van der Waals surface area contributed by atoms with E-state index in [4.69, 9.17) is 4.74 Å². The molecule has 0 radical (unpaired) electrons. The molecular weight excluding hydrogens is 545 g/mol. The number of sulfonamides is 1. The van der Waals surface area contributed by atoms with Gasteiger partial charge in [-0.05, 0) is 68.0 Å². The summed E-state index contributed by atoms with van der Waals surface area (Å²) in [6.07, 6.45) is 5.58. The summed E-state index contributed by atoms with van der Waals surface area (Å²) < 4.78 is 45.6. The van der Waals surface area contributed by atoms with E-state index < -0.39 is 15.8 Å². The molecule has 0 bridgehead atoms. The Morgan fingerprint density at radius 1 is 1.02 bits per heavy atom. The SMILES string of the molecule is CCCCCc1ccc(C(=O)N2CCC(N(Cc3cccc(F)c3)C(=O)CN(CCOC)S(=O)(=O)CC)CC2)cc1. The topological polar surface area (TPSA) is 87.2 Å². The molecule has 2 amide bonds. The molecular formula is C31H44FN3O5S. The Kier molecular flexibility index (Phi) is 12.7. The van der Waals surface area contributed by atoms with Gasteiger partial charge in [-0.2, -0.15) is 4.31 Å². The molecule has 0 N–H and O–H groups in total. The molecule has 1 fully saturated rings. The molecule has 41 heavy (non-hydrogen) atoms. The van der Waals surface area contributed by atoms with E-state index in [9.17, 15) is 22.4 Å². The van der Waals surface area contributed by atoms with Crippen molar-refractivity contribution in [3.05, 3.63) is 71.0 Å². The molecule has 0 unspecified atom stereocenters. The average Bonchev–Trinajstić information content (AvgIpc) is 2.98. The van der Waals surface area contributed by atoms with E-state index in [1.807, 2.05) is 24.3 Å². The van der Waals surface area contributed by atoms with Crippen LogP contribution >= 0.6 is 0 Å². The Morgan fingerprint density at radius 3 is 2.34 bits per heavy atom. The first-order valence-corrected chi connectivity index (χ1v) is 16.2. The lowest BCUT2D eigenvalue weighted by molar-refractivity contribution is -0.135. The van der Waals surface area contributed by atoms with Crippen LogP contribution in [0.1, 0.15) is 67.4 Å². The lowest BCUT2D eigenvalue weighted by atomic mass is 10.00. The number of nitrogens with zero attached hydrogens (tertiary/aromatic N) is 3. The Morgan fingerprint density at radius 2 is 1.73 bits per heavy atom. The van der Waals surface area contributed by atoms with E-state index in [0.29, 0.717) is 37.1 Å². The molecule has 1 aliphatic heterocycles. The molecule has 3 rings (SSSR count). The number of unbranched alkanes of at least 4 members (excludes halogenated alkanes) is 2. The smallest absolute Gasteiger partial charge is 0.253 e. The third-order valence-electron chi connectivity index (χ3n) is 7.64.